The van der Waals surface area contributed by atoms with Crippen LogP contribution in [0.4, 0.5) is 0 Å². The summed E-state index contributed by atoms with van der Waals surface area (Å²) >= 11 is 6.00. The molecule has 126 valence electrons. The van der Waals surface area contributed by atoms with E-state index in [2.05, 4.69) is 10.3 Å². The lowest BCUT2D eigenvalue weighted by atomic mass is 10.1. The molecular weight excluding hydrogens is 330 g/mol. The van der Waals surface area contributed by atoms with Gasteiger partial charge in [-0.05, 0) is 31.5 Å². The Hall–Kier alpha value is -2.41. The average Bonchev–Trinajstić information content (AvgIpc) is 3.15. The van der Waals surface area contributed by atoms with Crippen molar-refractivity contribution in [2.75, 3.05) is 13.1 Å². The van der Waals surface area contributed by atoms with Crippen LogP contribution in [0.25, 0.3) is 5.69 Å². The average molecular weight is 348 g/mol. The molecule has 1 aromatic heterocycles. The first-order chi connectivity index (χ1) is 11.5. The number of carbonyl (C=O) groups is 2. The van der Waals surface area contributed by atoms with Crippen LogP contribution >= 0.6 is 11.6 Å². The highest BCUT2D eigenvalue weighted by atomic mass is 35.5. The topological polar surface area (TPSA) is 94.1 Å². The summed E-state index contributed by atoms with van der Waals surface area (Å²) in [5, 5.41) is 8.84. The molecule has 2 aromatic rings. The van der Waals surface area contributed by atoms with E-state index in [1.165, 1.54) is 0 Å². The van der Waals surface area contributed by atoms with Crippen molar-refractivity contribution < 1.29 is 9.59 Å². The van der Waals surface area contributed by atoms with Gasteiger partial charge in [0.05, 0.1) is 29.4 Å². The first kappa shape index (κ1) is 16.4. The van der Waals surface area contributed by atoms with Gasteiger partial charge in [-0.1, -0.05) is 22.9 Å². The Balaban J connectivity index is 1.73. The van der Waals surface area contributed by atoms with E-state index < -0.39 is 0 Å². The summed E-state index contributed by atoms with van der Waals surface area (Å²) in [6.45, 7) is 2.79. The number of halogens is 1. The van der Waals surface area contributed by atoms with Crippen LogP contribution in [-0.4, -0.2) is 44.8 Å². The molecule has 7 nitrogen and oxygen atoms in total. The Bertz CT molecular complexity index is 789. The van der Waals surface area contributed by atoms with E-state index in [1.54, 1.807) is 21.7 Å². The van der Waals surface area contributed by atoms with Crippen LogP contribution in [0.1, 0.15) is 17.8 Å². The van der Waals surface area contributed by atoms with Gasteiger partial charge in [-0.2, -0.15) is 0 Å². The highest BCUT2D eigenvalue weighted by Gasteiger charge is 2.30. The smallest absolute Gasteiger partial charge is 0.228 e. The summed E-state index contributed by atoms with van der Waals surface area (Å²) in [6.07, 6.45) is 0.771. The maximum Gasteiger partial charge on any atom is 0.228 e. The monoisotopic (exact) mass is 347 g/mol. The molecule has 1 aliphatic rings. The number of hydrogen-bond acceptors (Lipinski definition) is 4. The maximum absolute atomic E-state index is 12.4. The summed E-state index contributed by atoms with van der Waals surface area (Å²) in [7, 11) is 0. The van der Waals surface area contributed by atoms with Crippen LogP contribution < -0.4 is 5.73 Å². The first-order valence-electron chi connectivity index (χ1n) is 7.70. The normalized spacial score (nSPS) is 17.2. The molecule has 0 radical (unpaired) electrons. The van der Waals surface area contributed by atoms with Crippen LogP contribution in [0.15, 0.2) is 24.3 Å². The standard InChI is InChI=1S/C16H18ClN5O2/c1-10-14(8-15(23)21-6-5-11(9-21)16(18)24)19-20-22(10)13-4-2-3-12(17)7-13/h2-4,7,11H,5-6,8-9H2,1H3,(H2,18,24)/t11-/m1/s1. The Morgan fingerprint density at radius 1 is 1.42 bits per heavy atom. The minimum Gasteiger partial charge on any atom is -0.369 e. The Kier molecular flexibility index (Phi) is 4.53. The van der Waals surface area contributed by atoms with Gasteiger partial charge in [0.15, 0.2) is 0 Å². The third-order valence-corrected chi connectivity index (χ3v) is 4.54. The molecule has 1 aliphatic heterocycles. The number of nitrogens with zero attached hydrogens (tertiary/aromatic N) is 4. The minimum atomic E-state index is -0.353. The lowest BCUT2D eigenvalue weighted by molar-refractivity contribution is -0.129. The van der Waals surface area contributed by atoms with Crippen LogP contribution in [0.3, 0.4) is 0 Å². The fourth-order valence-corrected chi connectivity index (χ4v) is 3.04. The van der Waals surface area contributed by atoms with Crippen LogP contribution in [0, 0.1) is 12.8 Å². The minimum absolute atomic E-state index is 0.0694. The molecule has 0 aliphatic carbocycles. The maximum atomic E-state index is 12.4. The zero-order valence-corrected chi connectivity index (χ0v) is 14.0. The predicted octanol–water partition coefficient (Wildman–Crippen LogP) is 1.11. The highest BCUT2D eigenvalue weighted by Crippen LogP contribution is 2.19. The van der Waals surface area contributed by atoms with Crippen molar-refractivity contribution in [1.82, 2.24) is 19.9 Å². The van der Waals surface area contributed by atoms with E-state index in [9.17, 15) is 9.59 Å². The molecule has 1 atom stereocenters. The summed E-state index contributed by atoms with van der Waals surface area (Å²) in [5.74, 6) is -0.675. The molecule has 0 unspecified atom stereocenters. The number of hydrogen-bond donors (Lipinski definition) is 1. The molecule has 1 fully saturated rings. The van der Waals surface area contributed by atoms with Crippen molar-refractivity contribution in [2.45, 2.75) is 19.8 Å². The number of likely N-dealkylation sites (tertiary alicyclic amines) is 1. The number of amides is 2. The van der Waals surface area contributed by atoms with Crippen molar-refractivity contribution in [3.8, 4) is 5.69 Å². The van der Waals surface area contributed by atoms with Crippen LogP contribution in [0.5, 0.6) is 0 Å². The van der Waals surface area contributed by atoms with E-state index in [-0.39, 0.29) is 24.2 Å². The number of carbonyl (C=O) groups excluding carboxylic acids is 2. The second kappa shape index (κ2) is 6.60. The van der Waals surface area contributed by atoms with Crippen molar-refractivity contribution in [2.24, 2.45) is 11.7 Å². The molecule has 1 aromatic carbocycles. The van der Waals surface area contributed by atoms with E-state index in [0.717, 1.165) is 11.4 Å². The Labute approximate surface area is 144 Å². The fourth-order valence-electron chi connectivity index (χ4n) is 2.85. The molecule has 3 rings (SSSR count). The highest BCUT2D eigenvalue weighted by molar-refractivity contribution is 6.30. The summed E-state index contributed by atoms with van der Waals surface area (Å²) in [5.41, 5.74) is 7.50. The molecule has 24 heavy (non-hydrogen) atoms. The number of rotatable bonds is 4. The van der Waals surface area contributed by atoms with E-state index >= 15 is 0 Å². The van der Waals surface area contributed by atoms with Gasteiger partial charge in [-0.15, -0.1) is 5.10 Å². The molecule has 1 saturated heterocycles. The number of aromatic nitrogens is 3. The van der Waals surface area contributed by atoms with Gasteiger partial charge < -0.3 is 10.6 Å². The van der Waals surface area contributed by atoms with E-state index in [1.807, 2.05) is 19.1 Å². The summed E-state index contributed by atoms with van der Waals surface area (Å²) in [6, 6.07) is 7.27. The van der Waals surface area contributed by atoms with Crippen molar-refractivity contribution in [3.63, 3.8) is 0 Å². The van der Waals surface area contributed by atoms with Crippen molar-refractivity contribution in [3.05, 3.63) is 40.7 Å². The largest absolute Gasteiger partial charge is 0.369 e. The van der Waals surface area contributed by atoms with Gasteiger partial charge in [0, 0.05) is 18.1 Å². The van der Waals surface area contributed by atoms with Gasteiger partial charge in [0.1, 0.15) is 0 Å². The molecule has 0 saturated carbocycles. The SMILES string of the molecule is Cc1c(CC(=O)N2CC[C@@H](C(N)=O)C2)nnn1-c1cccc(Cl)c1. The Morgan fingerprint density at radius 2 is 2.21 bits per heavy atom. The number of nitrogens with two attached hydrogens (primary N) is 1. The van der Waals surface area contributed by atoms with Crippen LogP contribution in [-0.2, 0) is 16.0 Å². The third kappa shape index (κ3) is 3.26. The number of primary amides is 1. The van der Waals surface area contributed by atoms with Gasteiger partial charge in [-0.3, -0.25) is 9.59 Å². The molecule has 2 amide bonds. The molecule has 2 N–H and O–H groups in total. The second-order valence-electron chi connectivity index (χ2n) is 5.92. The zero-order valence-electron chi connectivity index (χ0n) is 13.3. The molecule has 0 spiro atoms. The van der Waals surface area contributed by atoms with Gasteiger partial charge in [-0.25, -0.2) is 4.68 Å². The molecule has 0 bridgehead atoms. The first-order valence-corrected chi connectivity index (χ1v) is 8.07. The molecule has 2 heterocycles. The van der Waals surface area contributed by atoms with Crippen molar-refractivity contribution >= 4 is 23.4 Å². The Morgan fingerprint density at radius 3 is 2.88 bits per heavy atom. The van der Waals surface area contributed by atoms with Gasteiger partial charge >= 0.3 is 0 Å². The zero-order chi connectivity index (χ0) is 17.3. The van der Waals surface area contributed by atoms with Crippen molar-refractivity contribution in [1.29, 1.82) is 0 Å². The lowest BCUT2D eigenvalue weighted by Gasteiger charge is -2.15. The third-order valence-electron chi connectivity index (χ3n) is 4.30. The van der Waals surface area contributed by atoms with E-state index in [4.69, 9.17) is 17.3 Å². The number of benzene rings is 1. The fraction of sp³-hybridized carbons (Fsp3) is 0.375. The molecule has 8 heteroatoms. The summed E-state index contributed by atoms with van der Waals surface area (Å²) < 4.78 is 1.66. The quantitative estimate of drug-likeness (QED) is 0.896. The van der Waals surface area contributed by atoms with Gasteiger partial charge in [0.2, 0.25) is 11.8 Å². The van der Waals surface area contributed by atoms with Crippen LogP contribution in [0.2, 0.25) is 5.02 Å². The predicted molar refractivity (Wildman–Crippen MR) is 88.7 cm³/mol. The molecular formula is C16H18ClN5O2. The summed E-state index contributed by atoms with van der Waals surface area (Å²) in [4.78, 5) is 25.3. The van der Waals surface area contributed by atoms with E-state index in [0.29, 0.717) is 30.2 Å². The van der Waals surface area contributed by atoms with Gasteiger partial charge in [0.25, 0.3) is 0 Å². The lowest BCUT2D eigenvalue weighted by Crippen LogP contribution is -2.32. The second-order valence-corrected chi connectivity index (χ2v) is 6.35.